The van der Waals surface area contributed by atoms with E-state index < -0.39 is 48.2 Å². The summed E-state index contributed by atoms with van der Waals surface area (Å²) in [4.78, 5) is 50.3. The molecule has 10 nitrogen and oxygen atoms in total. The van der Waals surface area contributed by atoms with Crippen LogP contribution < -0.4 is 21.3 Å². The Hall–Kier alpha value is -3.92. The summed E-state index contributed by atoms with van der Waals surface area (Å²) in [6, 6.07) is 16.3. The van der Waals surface area contributed by atoms with Crippen LogP contribution in [0.1, 0.15) is 31.9 Å². The van der Waals surface area contributed by atoms with E-state index in [1.54, 1.807) is 45.0 Å². The molecule has 0 saturated heterocycles. The van der Waals surface area contributed by atoms with Crippen molar-refractivity contribution in [3.05, 3.63) is 71.8 Å². The molecule has 2 rings (SSSR count). The van der Waals surface area contributed by atoms with Crippen molar-refractivity contribution in [1.29, 1.82) is 0 Å². The van der Waals surface area contributed by atoms with Gasteiger partial charge in [0.15, 0.2) is 0 Å². The van der Waals surface area contributed by atoms with Gasteiger partial charge in [-0.3, -0.25) is 14.4 Å². The van der Waals surface area contributed by atoms with Gasteiger partial charge in [-0.15, -0.1) is 0 Å². The molecule has 37 heavy (non-hydrogen) atoms. The molecule has 0 aromatic heterocycles. The first-order chi connectivity index (χ1) is 17.5. The zero-order chi connectivity index (χ0) is 27.4. The van der Waals surface area contributed by atoms with Crippen LogP contribution in [0.2, 0.25) is 0 Å². The number of amides is 4. The third-order valence-electron chi connectivity index (χ3n) is 5.22. The molecule has 0 aliphatic heterocycles. The first-order valence-electron chi connectivity index (χ1n) is 12.0. The van der Waals surface area contributed by atoms with E-state index in [2.05, 4.69) is 21.3 Å². The minimum Gasteiger partial charge on any atom is -0.444 e. The number of hydrogen-bond acceptors (Lipinski definition) is 6. The van der Waals surface area contributed by atoms with Crippen LogP contribution in [0.4, 0.5) is 4.79 Å². The van der Waals surface area contributed by atoms with Crippen molar-refractivity contribution in [2.24, 2.45) is 0 Å². The Labute approximate surface area is 217 Å². The van der Waals surface area contributed by atoms with E-state index in [9.17, 15) is 24.3 Å². The minimum atomic E-state index is -1.63. The smallest absolute Gasteiger partial charge is 0.407 e. The molecule has 10 heteroatoms. The Bertz CT molecular complexity index is 1040. The zero-order valence-electron chi connectivity index (χ0n) is 21.6. The summed E-state index contributed by atoms with van der Waals surface area (Å²) in [5.41, 5.74) is 0.879. The Morgan fingerprint density at radius 1 is 0.784 bits per heavy atom. The highest BCUT2D eigenvalue weighted by atomic mass is 16.6. The minimum absolute atomic E-state index is 0.121. The molecule has 4 amide bonds. The van der Waals surface area contributed by atoms with Crippen LogP contribution in [0.3, 0.4) is 0 Å². The largest absolute Gasteiger partial charge is 0.444 e. The van der Waals surface area contributed by atoms with Crippen LogP contribution in [0.15, 0.2) is 60.7 Å². The topological polar surface area (TPSA) is 146 Å². The van der Waals surface area contributed by atoms with Gasteiger partial charge in [0, 0.05) is 19.9 Å². The number of nitrogens with one attached hydrogen (secondary N) is 4. The quantitative estimate of drug-likeness (QED) is 0.305. The Kier molecular flexibility index (Phi) is 11.1. The van der Waals surface area contributed by atoms with Gasteiger partial charge >= 0.3 is 6.09 Å². The SMILES string of the molecule is CNC(=O)[C@H](Cc1ccccc1)NC(=O)[C@H](Cc1ccccc1)NC(=O)C(O)CNC(=O)OC(C)(C)C. The summed E-state index contributed by atoms with van der Waals surface area (Å²) < 4.78 is 5.10. The number of aliphatic hydroxyl groups is 1. The summed E-state index contributed by atoms with van der Waals surface area (Å²) in [6.45, 7) is 4.65. The van der Waals surface area contributed by atoms with E-state index >= 15 is 0 Å². The third kappa shape index (κ3) is 10.7. The van der Waals surface area contributed by atoms with Gasteiger partial charge in [-0.25, -0.2) is 4.79 Å². The molecule has 0 aliphatic carbocycles. The second-order valence-corrected chi connectivity index (χ2v) is 9.51. The van der Waals surface area contributed by atoms with Crippen molar-refractivity contribution in [3.63, 3.8) is 0 Å². The number of hydrogen-bond donors (Lipinski definition) is 5. The highest BCUT2D eigenvalue weighted by Gasteiger charge is 2.29. The average molecular weight is 513 g/mol. The number of aliphatic hydroxyl groups excluding tert-OH is 1. The van der Waals surface area contributed by atoms with E-state index in [-0.39, 0.29) is 18.7 Å². The number of likely N-dealkylation sites (N-methyl/N-ethyl adjacent to an activating group) is 1. The fourth-order valence-corrected chi connectivity index (χ4v) is 3.42. The van der Waals surface area contributed by atoms with E-state index in [0.29, 0.717) is 0 Å². The van der Waals surface area contributed by atoms with Crippen molar-refractivity contribution < 1.29 is 29.0 Å². The molecule has 0 aliphatic rings. The molecule has 0 bridgehead atoms. The summed E-state index contributed by atoms with van der Waals surface area (Å²) in [6.07, 6.45) is -2.04. The van der Waals surface area contributed by atoms with Gasteiger partial charge in [0.05, 0.1) is 6.54 Å². The van der Waals surface area contributed by atoms with Crippen molar-refractivity contribution in [2.45, 2.75) is 57.4 Å². The summed E-state index contributed by atoms with van der Waals surface area (Å²) >= 11 is 0. The lowest BCUT2D eigenvalue weighted by Gasteiger charge is -2.24. The Morgan fingerprint density at radius 2 is 1.24 bits per heavy atom. The molecule has 0 spiro atoms. The Morgan fingerprint density at radius 3 is 1.70 bits per heavy atom. The predicted octanol–water partition coefficient (Wildman–Crippen LogP) is 1.07. The van der Waals surface area contributed by atoms with Gasteiger partial charge in [0.2, 0.25) is 11.8 Å². The molecular weight excluding hydrogens is 476 g/mol. The molecular formula is C27H36N4O6. The maximum atomic E-state index is 13.3. The lowest BCUT2D eigenvalue weighted by molar-refractivity contribution is -0.135. The van der Waals surface area contributed by atoms with Crippen molar-refractivity contribution in [3.8, 4) is 0 Å². The van der Waals surface area contributed by atoms with Crippen molar-refractivity contribution in [1.82, 2.24) is 21.3 Å². The molecule has 1 unspecified atom stereocenters. The highest BCUT2D eigenvalue weighted by molar-refractivity contribution is 5.93. The fraction of sp³-hybridized carbons (Fsp3) is 0.407. The predicted molar refractivity (Wildman–Crippen MR) is 138 cm³/mol. The van der Waals surface area contributed by atoms with E-state index in [4.69, 9.17) is 4.74 Å². The normalized spacial score (nSPS) is 13.4. The number of carbonyl (C=O) groups is 4. The lowest BCUT2D eigenvalue weighted by Crippen LogP contribution is -2.56. The monoisotopic (exact) mass is 512 g/mol. The number of ether oxygens (including phenoxy) is 1. The lowest BCUT2D eigenvalue weighted by atomic mass is 10.0. The average Bonchev–Trinajstić information content (AvgIpc) is 2.86. The zero-order valence-corrected chi connectivity index (χ0v) is 21.6. The van der Waals surface area contributed by atoms with Crippen LogP contribution in [-0.4, -0.2) is 66.3 Å². The van der Waals surface area contributed by atoms with Gasteiger partial charge in [0.1, 0.15) is 23.8 Å². The maximum absolute atomic E-state index is 13.3. The number of benzene rings is 2. The molecule has 5 N–H and O–H groups in total. The number of alkyl carbamates (subject to hydrolysis) is 1. The molecule has 3 atom stereocenters. The van der Waals surface area contributed by atoms with E-state index in [1.807, 2.05) is 36.4 Å². The van der Waals surface area contributed by atoms with Crippen molar-refractivity contribution >= 4 is 23.8 Å². The molecule has 2 aromatic rings. The van der Waals surface area contributed by atoms with Gasteiger partial charge in [-0.2, -0.15) is 0 Å². The molecule has 200 valence electrons. The standard InChI is InChI=1S/C27H36N4O6/c1-27(2,3)37-26(36)29-17-22(32)25(35)31-21(16-19-13-9-6-10-14-19)24(34)30-20(23(33)28-4)15-18-11-7-5-8-12-18/h5-14,20-22,32H,15-17H2,1-4H3,(H,28,33)(H,29,36)(H,30,34)(H,31,35)/t20-,21-,22?/m0/s1. The van der Waals surface area contributed by atoms with Gasteiger partial charge in [0.25, 0.3) is 5.91 Å². The third-order valence-corrected chi connectivity index (χ3v) is 5.22. The van der Waals surface area contributed by atoms with Crippen LogP contribution in [-0.2, 0) is 32.0 Å². The van der Waals surface area contributed by atoms with Crippen LogP contribution in [0.25, 0.3) is 0 Å². The molecule has 0 radical (unpaired) electrons. The molecule has 0 heterocycles. The highest BCUT2D eigenvalue weighted by Crippen LogP contribution is 2.08. The second kappa shape index (κ2) is 14.0. The summed E-state index contributed by atoms with van der Waals surface area (Å²) in [5, 5.41) is 20.4. The second-order valence-electron chi connectivity index (χ2n) is 9.51. The van der Waals surface area contributed by atoms with Crippen LogP contribution >= 0.6 is 0 Å². The molecule has 0 saturated carbocycles. The van der Waals surface area contributed by atoms with E-state index in [1.165, 1.54) is 7.05 Å². The van der Waals surface area contributed by atoms with Gasteiger partial charge in [-0.05, 0) is 31.9 Å². The fourth-order valence-electron chi connectivity index (χ4n) is 3.42. The number of carbonyl (C=O) groups excluding carboxylic acids is 4. The number of rotatable bonds is 11. The summed E-state index contributed by atoms with van der Waals surface area (Å²) in [5.74, 6) is -1.83. The van der Waals surface area contributed by atoms with Gasteiger partial charge < -0.3 is 31.1 Å². The summed E-state index contributed by atoms with van der Waals surface area (Å²) in [7, 11) is 1.48. The first kappa shape index (κ1) is 29.3. The molecule has 0 fully saturated rings. The van der Waals surface area contributed by atoms with Crippen LogP contribution in [0, 0.1) is 0 Å². The van der Waals surface area contributed by atoms with Crippen LogP contribution in [0.5, 0.6) is 0 Å². The Balaban J connectivity index is 2.12. The van der Waals surface area contributed by atoms with Crippen molar-refractivity contribution in [2.75, 3.05) is 13.6 Å². The maximum Gasteiger partial charge on any atom is 0.407 e. The van der Waals surface area contributed by atoms with Gasteiger partial charge in [-0.1, -0.05) is 60.7 Å². The molecule has 2 aromatic carbocycles. The first-order valence-corrected chi connectivity index (χ1v) is 12.0. The van der Waals surface area contributed by atoms with E-state index in [0.717, 1.165) is 11.1 Å².